The highest BCUT2D eigenvalue weighted by Gasteiger charge is 2.45. The van der Waals surface area contributed by atoms with Crippen molar-refractivity contribution in [2.45, 2.75) is 37.3 Å². The molecule has 0 aromatic heterocycles. The van der Waals surface area contributed by atoms with Crippen molar-refractivity contribution in [2.24, 2.45) is 0 Å². The van der Waals surface area contributed by atoms with Gasteiger partial charge in [-0.25, -0.2) is 4.79 Å². The summed E-state index contributed by atoms with van der Waals surface area (Å²) in [5, 5.41) is 3.04. The molecule has 1 N–H and O–H groups in total. The zero-order valence-corrected chi connectivity index (χ0v) is 15.6. The first-order valence-electron chi connectivity index (χ1n) is 9.68. The zero-order valence-electron chi connectivity index (χ0n) is 15.6. The summed E-state index contributed by atoms with van der Waals surface area (Å²) in [4.78, 5) is 42.0. The van der Waals surface area contributed by atoms with E-state index in [1.165, 1.54) is 10.5 Å². The van der Waals surface area contributed by atoms with Crippen LogP contribution in [-0.4, -0.2) is 77.9 Å². The van der Waals surface area contributed by atoms with Gasteiger partial charge in [0.15, 0.2) is 0 Å². The number of urea groups is 1. The molecule has 0 unspecified atom stereocenters. The van der Waals surface area contributed by atoms with Gasteiger partial charge in [-0.15, -0.1) is 0 Å². The Bertz CT molecular complexity index is 730. The van der Waals surface area contributed by atoms with E-state index in [4.69, 9.17) is 0 Å². The molecule has 1 aromatic carbocycles. The molecule has 27 heavy (non-hydrogen) atoms. The fourth-order valence-electron chi connectivity index (χ4n) is 4.48. The normalized spacial score (nSPS) is 26.3. The van der Waals surface area contributed by atoms with Gasteiger partial charge in [-0.1, -0.05) is 30.3 Å². The van der Waals surface area contributed by atoms with E-state index in [1.54, 1.807) is 11.9 Å². The van der Waals surface area contributed by atoms with Crippen molar-refractivity contribution in [2.75, 3.05) is 33.2 Å². The summed E-state index contributed by atoms with van der Waals surface area (Å²) < 4.78 is 0. The van der Waals surface area contributed by atoms with Gasteiger partial charge in [0.05, 0.1) is 12.6 Å². The van der Waals surface area contributed by atoms with Crippen molar-refractivity contribution in [1.82, 2.24) is 20.0 Å². The standard InChI is InChI=1S/C20H26N4O3/c1-22-13-18(25)24-12-16(11-17(24)19(22)26)21-20(27)23-9-7-15(8-10-23)14-5-3-2-4-6-14/h2-6,15-17H,7-13H2,1H3,(H,21,27)/t16-,17+/m1/s1. The third kappa shape index (κ3) is 3.50. The Morgan fingerprint density at radius 2 is 1.81 bits per heavy atom. The van der Waals surface area contributed by atoms with Crippen molar-refractivity contribution in [1.29, 1.82) is 0 Å². The predicted octanol–water partition coefficient (Wildman–Crippen LogP) is 1.02. The molecule has 4 rings (SSSR count). The lowest BCUT2D eigenvalue weighted by molar-refractivity contribution is -0.152. The fourth-order valence-corrected chi connectivity index (χ4v) is 4.48. The highest BCUT2D eigenvalue weighted by Crippen LogP contribution is 2.28. The Morgan fingerprint density at radius 1 is 1.11 bits per heavy atom. The van der Waals surface area contributed by atoms with E-state index in [9.17, 15) is 14.4 Å². The Labute approximate surface area is 159 Å². The van der Waals surface area contributed by atoms with Crippen LogP contribution in [-0.2, 0) is 9.59 Å². The molecule has 144 valence electrons. The summed E-state index contributed by atoms with van der Waals surface area (Å²) in [6, 6.07) is 9.78. The average Bonchev–Trinajstić information content (AvgIpc) is 3.11. The number of carbonyl (C=O) groups excluding carboxylic acids is 3. The molecule has 2 atom stereocenters. The quantitative estimate of drug-likeness (QED) is 0.845. The highest BCUT2D eigenvalue weighted by molar-refractivity contribution is 5.95. The van der Waals surface area contributed by atoms with Crippen LogP contribution in [0.15, 0.2) is 30.3 Å². The van der Waals surface area contributed by atoms with Gasteiger partial charge in [0.2, 0.25) is 11.8 Å². The zero-order chi connectivity index (χ0) is 19.0. The molecule has 0 aliphatic carbocycles. The molecule has 0 saturated carbocycles. The molecule has 7 heteroatoms. The van der Waals surface area contributed by atoms with E-state index < -0.39 is 6.04 Å². The van der Waals surface area contributed by atoms with Gasteiger partial charge in [-0.05, 0) is 30.7 Å². The largest absolute Gasteiger partial charge is 0.335 e. The van der Waals surface area contributed by atoms with Gasteiger partial charge in [0.1, 0.15) is 6.04 Å². The van der Waals surface area contributed by atoms with E-state index in [-0.39, 0.29) is 30.4 Å². The summed E-state index contributed by atoms with van der Waals surface area (Å²) in [6.45, 7) is 2.01. The van der Waals surface area contributed by atoms with Crippen LogP contribution in [0, 0.1) is 0 Å². The maximum Gasteiger partial charge on any atom is 0.317 e. The van der Waals surface area contributed by atoms with E-state index in [0.717, 1.165) is 25.9 Å². The predicted molar refractivity (Wildman–Crippen MR) is 100 cm³/mol. The number of rotatable bonds is 2. The van der Waals surface area contributed by atoms with Crippen LogP contribution in [0.5, 0.6) is 0 Å². The Balaban J connectivity index is 1.30. The summed E-state index contributed by atoms with van der Waals surface area (Å²) in [5.41, 5.74) is 1.34. The minimum absolute atomic E-state index is 0.0324. The smallest absolute Gasteiger partial charge is 0.317 e. The van der Waals surface area contributed by atoms with E-state index in [2.05, 4.69) is 29.6 Å². The minimum atomic E-state index is -0.426. The van der Waals surface area contributed by atoms with Crippen LogP contribution in [0.3, 0.4) is 0 Å². The Morgan fingerprint density at radius 3 is 2.52 bits per heavy atom. The van der Waals surface area contributed by atoms with Crippen molar-refractivity contribution in [3.05, 3.63) is 35.9 Å². The number of hydrogen-bond donors (Lipinski definition) is 1. The number of piperidine rings is 1. The molecule has 3 aliphatic heterocycles. The first kappa shape index (κ1) is 17.8. The van der Waals surface area contributed by atoms with Crippen molar-refractivity contribution in [3.63, 3.8) is 0 Å². The molecule has 3 aliphatic rings. The number of likely N-dealkylation sites (tertiary alicyclic amines) is 1. The number of carbonyl (C=O) groups is 3. The van der Waals surface area contributed by atoms with E-state index in [1.807, 2.05) is 11.0 Å². The molecule has 0 radical (unpaired) electrons. The molecule has 0 spiro atoms. The SMILES string of the molecule is CN1CC(=O)N2C[C@H](NC(=O)N3CCC(c4ccccc4)CC3)C[C@H]2C1=O. The molecule has 3 heterocycles. The number of piperazine rings is 1. The van der Waals surface area contributed by atoms with Crippen molar-refractivity contribution < 1.29 is 14.4 Å². The first-order chi connectivity index (χ1) is 13.0. The number of hydrogen-bond acceptors (Lipinski definition) is 3. The lowest BCUT2D eigenvalue weighted by atomic mass is 9.90. The van der Waals surface area contributed by atoms with Gasteiger partial charge >= 0.3 is 6.03 Å². The molecule has 0 bridgehead atoms. The van der Waals surface area contributed by atoms with Crippen LogP contribution < -0.4 is 5.32 Å². The second kappa shape index (κ2) is 7.21. The second-order valence-corrected chi connectivity index (χ2v) is 7.81. The molecule has 3 fully saturated rings. The lowest BCUT2D eigenvalue weighted by Gasteiger charge is -2.34. The van der Waals surface area contributed by atoms with Gasteiger partial charge in [-0.2, -0.15) is 0 Å². The third-order valence-corrected chi connectivity index (χ3v) is 6.04. The number of fused-ring (bicyclic) bond motifs is 1. The monoisotopic (exact) mass is 370 g/mol. The van der Waals surface area contributed by atoms with Gasteiger partial charge in [-0.3, -0.25) is 9.59 Å². The topological polar surface area (TPSA) is 73.0 Å². The summed E-state index contributed by atoms with van der Waals surface area (Å²) in [5.74, 6) is 0.430. The van der Waals surface area contributed by atoms with Crippen molar-refractivity contribution in [3.8, 4) is 0 Å². The van der Waals surface area contributed by atoms with Crippen molar-refractivity contribution >= 4 is 17.8 Å². The minimum Gasteiger partial charge on any atom is -0.335 e. The molecule has 1 aromatic rings. The second-order valence-electron chi connectivity index (χ2n) is 7.81. The third-order valence-electron chi connectivity index (χ3n) is 6.04. The van der Waals surface area contributed by atoms with Crippen LogP contribution in [0.25, 0.3) is 0 Å². The Kier molecular flexibility index (Phi) is 4.76. The molecular weight excluding hydrogens is 344 g/mol. The van der Waals surface area contributed by atoms with Crippen LogP contribution >= 0.6 is 0 Å². The van der Waals surface area contributed by atoms with E-state index >= 15 is 0 Å². The maximum absolute atomic E-state index is 12.6. The number of nitrogens with one attached hydrogen (secondary N) is 1. The maximum atomic E-state index is 12.6. The van der Waals surface area contributed by atoms with Crippen LogP contribution in [0.2, 0.25) is 0 Å². The molecule has 7 nitrogen and oxygen atoms in total. The Hall–Kier alpha value is -2.57. The number of amides is 4. The summed E-state index contributed by atoms with van der Waals surface area (Å²) in [7, 11) is 1.65. The summed E-state index contributed by atoms with van der Waals surface area (Å²) >= 11 is 0. The summed E-state index contributed by atoms with van der Waals surface area (Å²) in [6.07, 6.45) is 2.42. The molecule has 4 amide bonds. The number of benzene rings is 1. The van der Waals surface area contributed by atoms with Crippen LogP contribution in [0.4, 0.5) is 4.79 Å². The number of nitrogens with zero attached hydrogens (tertiary/aromatic N) is 3. The molecular formula is C20H26N4O3. The van der Waals surface area contributed by atoms with Crippen LogP contribution in [0.1, 0.15) is 30.7 Å². The number of likely N-dealkylation sites (N-methyl/N-ethyl adjacent to an activating group) is 1. The first-order valence-corrected chi connectivity index (χ1v) is 9.68. The fraction of sp³-hybridized carbons (Fsp3) is 0.550. The van der Waals surface area contributed by atoms with Gasteiger partial charge in [0.25, 0.3) is 0 Å². The van der Waals surface area contributed by atoms with E-state index in [0.29, 0.717) is 18.9 Å². The van der Waals surface area contributed by atoms with Gasteiger partial charge < -0.3 is 20.0 Å². The molecule has 3 saturated heterocycles. The van der Waals surface area contributed by atoms with Gasteiger partial charge in [0, 0.05) is 26.7 Å². The lowest BCUT2D eigenvalue weighted by Crippen LogP contribution is -2.56. The highest BCUT2D eigenvalue weighted by atomic mass is 16.2. The average molecular weight is 370 g/mol.